The van der Waals surface area contributed by atoms with Crippen molar-refractivity contribution in [1.29, 1.82) is 0 Å². The number of amides is 2. The minimum atomic E-state index is -5.58. The molecule has 0 saturated carbocycles. The van der Waals surface area contributed by atoms with Crippen LogP contribution in [0.5, 0.6) is 5.75 Å². The van der Waals surface area contributed by atoms with E-state index in [4.69, 9.17) is 24.3 Å². The first-order valence-corrected chi connectivity index (χ1v) is 22.9. The van der Waals surface area contributed by atoms with E-state index in [-0.39, 0.29) is 47.4 Å². The van der Waals surface area contributed by atoms with Crippen molar-refractivity contribution in [2.45, 2.75) is 50.9 Å². The Labute approximate surface area is 345 Å². The van der Waals surface area contributed by atoms with Crippen LogP contribution in [0.2, 0.25) is 0 Å². The van der Waals surface area contributed by atoms with Gasteiger partial charge in [0.05, 0.1) is 26.7 Å². The fourth-order valence-electron chi connectivity index (χ4n) is 5.24. The Morgan fingerprint density at radius 1 is 1.07 bits per heavy atom. The molecule has 0 radical (unpaired) electrons. The summed E-state index contributed by atoms with van der Waals surface area (Å²) in [5, 5.41) is 26.2. The third kappa shape index (κ3) is 14.5. The number of nitrogens with zero attached hydrogens (tertiary/aromatic N) is 4. The van der Waals surface area contributed by atoms with Crippen molar-refractivity contribution in [3.05, 3.63) is 48.6 Å². The molecule has 2 amide bonds. The quantitative estimate of drug-likeness (QED) is 0.0374. The highest BCUT2D eigenvalue weighted by Crippen LogP contribution is 2.61. The van der Waals surface area contributed by atoms with Crippen molar-refractivity contribution >= 4 is 75.2 Å². The number of anilines is 1. The van der Waals surface area contributed by atoms with Gasteiger partial charge in [-0.15, -0.1) is 0 Å². The zero-order valence-electron chi connectivity index (χ0n) is 31.9. The van der Waals surface area contributed by atoms with Crippen molar-refractivity contribution in [3.63, 3.8) is 0 Å². The van der Waals surface area contributed by atoms with Crippen molar-refractivity contribution in [2.75, 3.05) is 44.9 Å². The molecule has 3 aromatic rings. The van der Waals surface area contributed by atoms with Gasteiger partial charge >= 0.3 is 23.5 Å². The molecule has 1 aliphatic rings. The number of phosphoric ester groups is 3. The number of carbonyl (C=O) groups excluding carboxylic acids is 3. The summed E-state index contributed by atoms with van der Waals surface area (Å²) < 4.78 is 67.3. The molecule has 0 aliphatic carbocycles. The van der Waals surface area contributed by atoms with Gasteiger partial charge in [0.1, 0.15) is 42.0 Å². The summed E-state index contributed by atoms with van der Waals surface area (Å²) in [7, 11) is -14.9. The maximum atomic E-state index is 12.7. The molecule has 4 rings (SSSR count). The Bertz CT molecular complexity index is 2170. The van der Waals surface area contributed by atoms with Gasteiger partial charge in [-0.2, -0.15) is 4.31 Å². The zero-order valence-corrected chi connectivity index (χ0v) is 35.4. The predicted octanol–water partition coefficient (Wildman–Crippen LogP) is 0.387. The second-order valence-corrected chi connectivity index (χ2v) is 18.7. The fraction of sp³-hybridized carbons (Fsp3) is 0.484. The Hall–Kier alpha value is -3.68. The molecule has 2 aromatic heterocycles. The molecule has 7 atom stereocenters. The number of hydrogen-bond acceptors (Lipinski definition) is 19. The fourth-order valence-corrected chi connectivity index (χ4v) is 8.64. The van der Waals surface area contributed by atoms with Gasteiger partial charge in [0.25, 0.3) is 0 Å². The zero-order chi connectivity index (χ0) is 44.5. The maximum Gasteiger partial charge on any atom is 0.481 e. The van der Waals surface area contributed by atoms with E-state index in [1.54, 1.807) is 30.3 Å². The number of aromatic nitrogens is 4. The number of fused-ring (bicyclic) bond motifs is 1. The van der Waals surface area contributed by atoms with E-state index in [1.165, 1.54) is 27.0 Å². The molecule has 1 fully saturated rings. The third-order valence-electron chi connectivity index (χ3n) is 8.25. The molecule has 1 aromatic carbocycles. The molecule has 0 bridgehead atoms. The first-order chi connectivity index (χ1) is 28.0. The van der Waals surface area contributed by atoms with Gasteiger partial charge in [0.2, 0.25) is 16.9 Å². The number of nitrogens with one attached hydrogen (secondary N) is 2. The van der Waals surface area contributed by atoms with Crippen LogP contribution in [-0.2, 0) is 50.7 Å². The summed E-state index contributed by atoms with van der Waals surface area (Å²) in [6.45, 7) is 0.386. The number of aliphatic hydroxyl groups is 2. The number of hydrogen-bond donors (Lipinski definition) is 9. The number of nitrogen functional groups attached to an aromatic ring is 1. The first-order valence-electron chi connectivity index (χ1n) is 17.4. The van der Waals surface area contributed by atoms with E-state index in [2.05, 4.69) is 34.4 Å². The highest BCUT2D eigenvalue weighted by atomic mass is 32.2. The molecular weight excluding hydrogens is 883 g/mol. The van der Waals surface area contributed by atoms with Crippen LogP contribution in [0.25, 0.3) is 17.2 Å². The number of carbonyl (C=O) groups is 3. The highest BCUT2D eigenvalue weighted by Gasteiger charge is 2.50. The lowest BCUT2D eigenvalue weighted by atomic mass is 9.87. The SMILES string of the molecule is COc1cccc(C=CC(=O)SCCNC(=O)CCNC(=O)[C@H](O)C(C)(C)COP(=O)(O)OP(=O)(O)OC[C@H]2O[C@@H](n3cnc4c(N)ncnc43)[C@H](O)[C@@H]2OP(=O)(O)O)c1. The van der Waals surface area contributed by atoms with E-state index in [0.717, 1.165) is 34.5 Å². The molecule has 60 heavy (non-hydrogen) atoms. The number of aliphatic hydroxyl groups excluding tert-OH is 2. The Morgan fingerprint density at radius 2 is 1.78 bits per heavy atom. The molecular formula is C31H44N7O18P3S. The summed E-state index contributed by atoms with van der Waals surface area (Å²) in [4.78, 5) is 87.9. The summed E-state index contributed by atoms with van der Waals surface area (Å²) >= 11 is 0.981. The van der Waals surface area contributed by atoms with Gasteiger partial charge in [0, 0.05) is 30.7 Å². The summed E-state index contributed by atoms with van der Waals surface area (Å²) in [5.74, 6) is -0.586. The number of methoxy groups -OCH3 is 1. The van der Waals surface area contributed by atoms with Gasteiger partial charge in [0.15, 0.2) is 17.7 Å². The van der Waals surface area contributed by atoms with Crippen LogP contribution >= 0.6 is 35.2 Å². The molecule has 10 N–H and O–H groups in total. The van der Waals surface area contributed by atoms with E-state index in [9.17, 15) is 57.9 Å². The molecule has 332 valence electrons. The lowest BCUT2D eigenvalue weighted by Crippen LogP contribution is -2.46. The predicted molar refractivity (Wildman–Crippen MR) is 209 cm³/mol. The number of benzene rings is 1. The van der Waals surface area contributed by atoms with Crippen LogP contribution in [0.15, 0.2) is 43.0 Å². The van der Waals surface area contributed by atoms with E-state index >= 15 is 0 Å². The molecule has 1 aliphatic heterocycles. The molecule has 3 heterocycles. The Morgan fingerprint density at radius 3 is 2.48 bits per heavy atom. The van der Waals surface area contributed by atoms with Crippen molar-refractivity contribution in [3.8, 4) is 5.75 Å². The summed E-state index contributed by atoms with van der Waals surface area (Å²) in [6.07, 6.45) is -3.97. The van der Waals surface area contributed by atoms with Gasteiger partial charge in [-0.25, -0.2) is 28.6 Å². The van der Waals surface area contributed by atoms with Crippen LogP contribution in [-0.4, -0.2) is 130 Å². The van der Waals surface area contributed by atoms with Crippen LogP contribution in [0.3, 0.4) is 0 Å². The Balaban J connectivity index is 1.20. The topological polar surface area (TPSA) is 373 Å². The monoisotopic (exact) mass is 927 g/mol. The van der Waals surface area contributed by atoms with Crippen LogP contribution in [0.4, 0.5) is 5.82 Å². The van der Waals surface area contributed by atoms with Crippen molar-refractivity contribution in [1.82, 2.24) is 30.2 Å². The summed E-state index contributed by atoms with van der Waals surface area (Å²) in [5.41, 5.74) is 5.01. The maximum absolute atomic E-state index is 12.7. The average molecular weight is 928 g/mol. The molecule has 2 unspecified atom stereocenters. The largest absolute Gasteiger partial charge is 0.497 e. The van der Waals surface area contributed by atoms with E-state index in [1.807, 2.05) is 0 Å². The number of ether oxygens (including phenoxy) is 2. The third-order valence-corrected chi connectivity index (χ3v) is 12.2. The Kier molecular flexibility index (Phi) is 17.1. The molecule has 0 spiro atoms. The number of rotatable bonds is 22. The summed E-state index contributed by atoms with van der Waals surface area (Å²) in [6, 6.07) is 7.11. The lowest BCUT2D eigenvalue weighted by Gasteiger charge is -2.30. The number of thioether (sulfide) groups is 1. The van der Waals surface area contributed by atoms with Gasteiger partial charge in [-0.1, -0.05) is 43.8 Å². The van der Waals surface area contributed by atoms with Crippen LogP contribution in [0.1, 0.15) is 32.1 Å². The second kappa shape index (κ2) is 20.9. The highest BCUT2D eigenvalue weighted by molar-refractivity contribution is 8.14. The first kappa shape index (κ1) is 49.0. The average Bonchev–Trinajstić information content (AvgIpc) is 3.73. The minimum Gasteiger partial charge on any atom is -0.497 e. The number of nitrogens with two attached hydrogens (primary N) is 1. The van der Waals surface area contributed by atoms with Crippen molar-refractivity contribution < 1.29 is 85.2 Å². The van der Waals surface area contributed by atoms with Gasteiger partial charge < -0.3 is 55.6 Å². The standard InChI is InChI=1S/C31H44N7O18P3S/c1-31(2,26(42)29(43)34-10-9-21(39)33-11-12-60-22(40)8-7-18-5-4-6-19(13-18)51-3)15-53-59(49,50)56-58(47,48)52-14-20-25(55-57(44,45)46)24(41)30(54-20)38-17-37-23-27(32)35-16-36-28(23)38/h4-8,13,16-17,20,24-26,30,41-42H,9-12,14-15H2,1-3H3,(H,33,39)(H,34,43)(H,47,48)(H,49,50)(H2,32,35,36)(H2,44,45,46)/t20-,24-,25-,26+,30-/m1/s1. The normalized spacial score (nSPS) is 21.0. The smallest absolute Gasteiger partial charge is 0.481 e. The number of phosphoric acid groups is 3. The van der Waals surface area contributed by atoms with Crippen LogP contribution < -0.4 is 21.1 Å². The van der Waals surface area contributed by atoms with Crippen molar-refractivity contribution in [2.24, 2.45) is 5.41 Å². The molecule has 1 saturated heterocycles. The molecule has 25 nitrogen and oxygen atoms in total. The van der Waals surface area contributed by atoms with Gasteiger partial charge in [-0.05, 0) is 23.8 Å². The lowest BCUT2D eigenvalue weighted by molar-refractivity contribution is -0.137. The second-order valence-electron chi connectivity index (χ2n) is 13.3. The minimum absolute atomic E-state index is 0.0265. The van der Waals surface area contributed by atoms with Crippen LogP contribution in [0, 0.1) is 5.41 Å². The van der Waals surface area contributed by atoms with Gasteiger partial charge in [-0.3, -0.25) is 32.5 Å². The molecule has 29 heteroatoms. The van der Waals surface area contributed by atoms with E-state index in [0.29, 0.717) is 5.75 Å². The number of imidazole rings is 1. The van der Waals surface area contributed by atoms with E-state index < -0.39 is 84.6 Å².